The molecule has 3 heterocycles. The summed E-state index contributed by atoms with van der Waals surface area (Å²) in [5.74, 6) is 0.768. The summed E-state index contributed by atoms with van der Waals surface area (Å²) in [6.07, 6.45) is 9.66. The highest BCUT2D eigenvalue weighted by atomic mass is 16.2. The number of aryl methyl sites for hydroxylation is 1. The lowest BCUT2D eigenvalue weighted by Crippen LogP contribution is -2.32. The van der Waals surface area contributed by atoms with E-state index in [2.05, 4.69) is 15.3 Å². The summed E-state index contributed by atoms with van der Waals surface area (Å²) in [5, 5.41) is 3.50. The Morgan fingerprint density at radius 3 is 2.80 bits per heavy atom. The van der Waals surface area contributed by atoms with Crippen LogP contribution in [0.3, 0.4) is 0 Å². The zero-order valence-electron chi connectivity index (χ0n) is 14.4. The number of hydrogen-bond donors (Lipinski definition) is 2. The highest BCUT2D eigenvalue weighted by Crippen LogP contribution is 2.18. The van der Waals surface area contributed by atoms with E-state index in [4.69, 9.17) is 5.73 Å². The second kappa shape index (κ2) is 8.46. The monoisotopic (exact) mass is 339 g/mol. The van der Waals surface area contributed by atoms with E-state index >= 15 is 0 Å². The van der Waals surface area contributed by atoms with Crippen molar-refractivity contribution in [2.24, 2.45) is 0 Å². The van der Waals surface area contributed by atoms with Gasteiger partial charge in [-0.25, -0.2) is 4.98 Å². The van der Waals surface area contributed by atoms with Crippen molar-refractivity contribution in [1.29, 1.82) is 0 Å². The van der Waals surface area contributed by atoms with Crippen molar-refractivity contribution in [1.82, 2.24) is 14.9 Å². The minimum atomic E-state index is 0.242. The third-order valence-electron chi connectivity index (χ3n) is 4.61. The standard InChI is InChI=1S/C19H25N5O/c20-18-5-4-17(14-22-18)23-16-2-1-12-24(13-9-16)19(25)6-3-15-7-10-21-11-8-15/h4-5,7-8,10-11,14,16,23H,1-3,6,9,12-13H2,(H2,20,22)/t16-/m1/s1. The molecule has 2 aromatic rings. The Labute approximate surface area is 148 Å². The van der Waals surface area contributed by atoms with Crippen LogP contribution in [-0.2, 0) is 11.2 Å². The van der Waals surface area contributed by atoms with Crippen molar-refractivity contribution >= 4 is 17.4 Å². The number of anilines is 2. The van der Waals surface area contributed by atoms with Gasteiger partial charge in [0, 0.05) is 37.9 Å². The van der Waals surface area contributed by atoms with Crippen molar-refractivity contribution in [2.75, 3.05) is 24.1 Å². The van der Waals surface area contributed by atoms with E-state index in [0.29, 0.717) is 18.3 Å². The van der Waals surface area contributed by atoms with Crippen LogP contribution in [0.2, 0.25) is 0 Å². The van der Waals surface area contributed by atoms with Crippen molar-refractivity contribution in [2.45, 2.75) is 38.1 Å². The normalized spacial score (nSPS) is 17.8. The number of carbonyl (C=O) groups excluding carboxylic acids is 1. The lowest BCUT2D eigenvalue weighted by molar-refractivity contribution is -0.131. The number of likely N-dealkylation sites (tertiary alicyclic amines) is 1. The lowest BCUT2D eigenvalue weighted by atomic mass is 10.1. The lowest BCUT2D eigenvalue weighted by Gasteiger charge is -2.21. The van der Waals surface area contributed by atoms with Gasteiger partial charge in [0.15, 0.2) is 0 Å². The van der Waals surface area contributed by atoms with E-state index in [1.165, 1.54) is 0 Å². The molecule has 1 aliphatic rings. The minimum Gasteiger partial charge on any atom is -0.384 e. The molecule has 2 aromatic heterocycles. The maximum atomic E-state index is 12.5. The Kier molecular flexibility index (Phi) is 5.82. The minimum absolute atomic E-state index is 0.242. The van der Waals surface area contributed by atoms with Gasteiger partial charge in [-0.05, 0) is 55.5 Å². The van der Waals surface area contributed by atoms with Gasteiger partial charge in [-0.3, -0.25) is 9.78 Å². The van der Waals surface area contributed by atoms with Gasteiger partial charge in [-0.1, -0.05) is 0 Å². The molecule has 3 rings (SSSR count). The molecule has 1 fully saturated rings. The fourth-order valence-electron chi connectivity index (χ4n) is 3.18. The molecule has 0 aromatic carbocycles. The Hall–Kier alpha value is -2.63. The number of rotatable bonds is 5. The molecule has 0 saturated carbocycles. The van der Waals surface area contributed by atoms with Crippen LogP contribution in [0, 0.1) is 0 Å². The van der Waals surface area contributed by atoms with E-state index < -0.39 is 0 Å². The first-order valence-corrected chi connectivity index (χ1v) is 8.85. The van der Waals surface area contributed by atoms with Crippen LogP contribution in [-0.4, -0.2) is 39.9 Å². The third-order valence-corrected chi connectivity index (χ3v) is 4.61. The van der Waals surface area contributed by atoms with Crippen LogP contribution < -0.4 is 11.1 Å². The summed E-state index contributed by atoms with van der Waals surface area (Å²) < 4.78 is 0. The topological polar surface area (TPSA) is 84.1 Å². The molecule has 0 bridgehead atoms. The molecule has 1 saturated heterocycles. The third kappa shape index (κ3) is 5.17. The Balaban J connectivity index is 1.47. The van der Waals surface area contributed by atoms with Gasteiger partial charge in [-0.15, -0.1) is 0 Å². The maximum Gasteiger partial charge on any atom is 0.222 e. The molecule has 0 radical (unpaired) electrons. The molecule has 1 aliphatic heterocycles. The number of carbonyl (C=O) groups is 1. The first kappa shape index (κ1) is 17.2. The molecule has 0 unspecified atom stereocenters. The molecule has 6 heteroatoms. The molecule has 1 amide bonds. The zero-order valence-corrected chi connectivity index (χ0v) is 14.4. The fraction of sp³-hybridized carbons (Fsp3) is 0.421. The molecule has 25 heavy (non-hydrogen) atoms. The van der Waals surface area contributed by atoms with Gasteiger partial charge in [0.1, 0.15) is 5.82 Å². The molecular formula is C19H25N5O. The van der Waals surface area contributed by atoms with E-state index in [1.54, 1.807) is 24.7 Å². The second-order valence-corrected chi connectivity index (χ2v) is 6.48. The predicted octanol–water partition coefficient (Wildman–Crippen LogP) is 2.48. The maximum absolute atomic E-state index is 12.5. The summed E-state index contributed by atoms with van der Waals surface area (Å²) in [5.41, 5.74) is 7.76. The van der Waals surface area contributed by atoms with Crippen molar-refractivity contribution in [3.63, 3.8) is 0 Å². The van der Waals surface area contributed by atoms with Crippen LogP contribution in [0.1, 0.15) is 31.2 Å². The second-order valence-electron chi connectivity index (χ2n) is 6.48. The van der Waals surface area contributed by atoms with Crippen LogP contribution in [0.5, 0.6) is 0 Å². The number of nitrogens with one attached hydrogen (secondary N) is 1. The molecule has 6 nitrogen and oxygen atoms in total. The quantitative estimate of drug-likeness (QED) is 0.874. The number of amides is 1. The van der Waals surface area contributed by atoms with Crippen LogP contribution >= 0.6 is 0 Å². The summed E-state index contributed by atoms with van der Waals surface area (Å²) >= 11 is 0. The van der Waals surface area contributed by atoms with Crippen LogP contribution in [0.15, 0.2) is 42.9 Å². The Morgan fingerprint density at radius 2 is 2.04 bits per heavy atom. The van der Waals surface area contributed by atoms with E-state index in [-0.39, 0.29) is 5.91 Å². The number of hydrogen-bond acceptors (Lipinski definition) is 5. The van der Waals surface area contributed by atoms with Gasteiger partial charge in [-0.2, -0.15) is 0 Å². The number of aromatic nitrogens is 2. The highest BCUT2D eigenvalue weighted by Gasteiger charge is 2.20. The van der Waals surface area contributed by atoms with Gasteiger partial charge < -0.3 is 16.0 Å². The van der Waals surface area contributed by atoms with E-state index in [1.807, 2.05) is 23.1 Å². The zero-order chi connectivity index (χ0) is 17.5. The van der Waals surface area contributed by atoms with Crippen molar-refractivity contribution in [3.8, 4) is 0 Å². The summed E-state index contributed by atoms with van der Waals surface area (Å²) in [4.78, 5) is 22.6. The average molecular weight is 339 g/mol. The van der Waals surface area contributed by atoms with Gasteiger partial charge in [0.05, 0.1) is 11.9 Å². The van der Waals surface area contributed by atoms with Gasteiger partial charge in [0.25, 0.3) is 0 Å². The first-order chi connectivity index (χ1) is 12.2. The summed E-state index contributed by atoms with van der Waals surface area (Å²) in [7, 11) is 0. The predicted molar refractivity (Wildman–Crippen MR) is 99.0 cm³/mol. The number of nitrogens with two attached hydrogens (primary N) is 1. The molecular weight excluding hydrogens is 314 g/mol. The Bertz CT molecular complexity index is 674. The van der Waals surface area contributed by atoms with Gasteiger partial charge >= 0.3 is 0 Å². The smallest absolute Gasteiger partial charge is 0.222 e. The number of nitrogens with zero attached hydrogens (tertiary/aromatic N) is 3. The molecule has 3 N–H and O–H groups in total. The fourth-order valence-corrected chi connectivity index (χ4v) is 3.18. The van der Waals surface area contributed by atoms with Crippen LogP contribution in [0.4, 0.5) is 11.5 Å². The van der Waals surface area contributed by atoms with E-state index in [0.717, 1.165) is 50.0 Å². The first-order valence-electron chi connectivity index (χ1n) is 8.85. The number of pyridine rings is 2. The molecule has 0 spiro atoms. The molecule has 0 aliphatic carbocycles. The van der Waals surface area contributed by atoms with Crippen molar-refractivity contribution in [3.05, 3.63) is 48.4 Å². The van der Waals surface area contributed by atoms with Gasteiger partial charge in [0.2, 0.25) is 5.91 Å². The summed E-state index contributed by atoms with van der Waals surface area (Å²) in [6, 6.07) is 8.05. The average Bonchev–Trinajstić information content (AvgIpc) is 2.88. The summed E-state index contributed by atoms with van der Waals surface area (Å²) in [6.45, 7) is 1.64. The Morgan fingerprint density at radius 1 is 1.20 bits per heavy atom. The highest BCUT2D eigenvalue weighted by molar-refractivity contribution is 5.76. The van der Waals surface area contributed by atoms with E-state index in [9.17, 15) is 4.79 Å². The largest absolute Gasteiger partial charge is 0.384 e. The van der Waals surface area contributed by atoms with Crippen LogP contribution in [0.25, 0.3) is 0 Å². The number of nitrogen functional groups attached to an aromatic ring is 1. The van der Waals surface area contributed by atoms with Crippen molar-refractivity contribution < 1.29 is 4.79 Å². The molecule has 132 valence electrons. The SMILES string of the molecule is Nc1ccc(N[C@@H]2CCCN(C(=O)CCc3ccncc3)CC2)cn1. The molecule has 1 atom stereocenters.